The minimum absolute atomic E-state index is 0.479. The van der Waals surface area contributed by atoms with Crippen LogP contribution >= 0.6 is 11.3 Å². The van der Waals surface area contributed by atoms with Crippen molar-refractivity contribution in [3.05, 3.63) is 16.1 Å². The monoisotopic (exact) mass is 230 g/mol. The summed E-state index contributed by atoms with van der Waals surface area (Å²) in [6.07, 6.45) is 0. The minimum atomic E-state index is -0.920. The van der Waals surface area contributed by atoms with Gasteiger partial charge in [-0.05, 0) is 6.92 Å². The summed E-state index contributed by atoms with van der Waals surface area (Å²) < 4.78 is 4.84. The van der Waals surface area contributed by atoms with E-state index in [4.69, 9.17) is 9.84 Å². The summed E-state index contributed by atoms with van der Waals surface area (Å²) in [6, 6.07) is -0.745. The first kappa shape index (κ1) is 12.1. The lowest BCUT2D eigenvalue weighted by Gasteiger charge is -2.11. The average molecular weight is 230 g/mol. The molecule has 1 heterocycles. The first-order valence-corrected chi connectivity index (χ1v) is 5.40. The number of nitrogens with zero attached hydrogens (tertiary/aromatic N) is 1. The van der Waals surface area contributed by atoms with Crippen LogP contribution in [0.4, 0.5) is 0 Å². The van der Waals surface area contributed by atoms with Crippen LogP contribution in [-0.4, -0.2) is 36.3 Å². The summed E-state index contributed by atoms with van der Waals surface area (Å²) in [5.41, 5.74) is 0.557. The average Bonchev–Trinajstić information content (AvgIpc) is 2.59. The molecule has 0 spiro atoms. The van der Waals surface area contributed by atoms with Gasteiger partial charge in [0.15, 0.2) is 0 Å². The number of methoxy groups -OCH3 is 1. The third-order valence-corrected chi connectivity index (χ3v) is 2.63. The molecule has 1 aromatic rings. The number of rotatable bonds is 6. The Morgan fingerprint density at radius 2 is 2.53 bits per heavy atom. The van der Waals surface area contributed by atoms with Crippen LogP contribution in [0.2, 0.25) is 0 Å². The lowest BCUT2D eigenvalue weighted by atomic mass is 10.2. The van der Waals surface area contributed by atoms with Gasteiger partial charge in [-0.15, -0.1) is 11.3 Å². The molecule has 2 N–H and O–H groups in total. The highest BCUT2D eigenvalue weighted by molar-refractivity contribution is 7.09. The quantitative estimate of drug-likeness (QED) is 0.708. The Hall–Kier alpha value is -0.980. The molecule has 1 unspecified atom stereocenters. The van der Waals surface area contributed by atoms with E-state index in [-0.39, 0.29) is 0 Å². The number of thiazole rings is 1. The largest absolute Gasteiger partial charge is 0.480 e. The SMILES string of the molecule is COCCNC(C(=O)O)c1csc(C)n1. The number of hydrogen-bond acceptors (Lipinski definition) is 5. The van der Waals surface area contributed by atoms with Gasteiger partial charge in [-0.1, -0.05) is 0 Å². The van der Waals surface area contributed by atoms with E-state index in [1.54, 1.807) is 12.5 Å². The maximum atomic E-state index is 11.0. The van der Waals surface area contributed by atoms with Gasteiger partial charge >= 0.3 is 5.97 Å². The van der Waals surface area contributed by atoms with E-state index in [1.165, 1.54) is 11.3 Å². The van der Waals surface area contributed by atoms with Crippen LogP contribution in [0, 0.1) is 6.92 Å². The van der Waals surface area contributed by atoms with Crippen molar-refractivity contribution < 1.29 is 14.6 Å². The zero-order chi connectivity index (χ0) is 11.3. The molecule has 0 amide bonds. The maximum absolute atomic E-state index is 11.0. The zero-order valence-corrected chi connectivity index (χ0v) is 9.50. The number of carboxylic acid groups (broad SMARTS) is 1. The second-order valence-electron chi connectivity index (χ2n) is 3.01. The van der Waals surface area contributed by atoms with E-state index >= 15 is 0 Å². The van der Waals surface area contributed by atoms with Gasteiger partial charge < -0.3 is 9.84 Å². The van der Waals surface area contributed by atoms with Gasteiger partial charge in [0.25, 0.3) is 0 Å². The normalized spacial score (nSPS) is 12.7. The molecule has 84 valence electrons. The van der Waals surface area contributed by atoms with Crippen molar-refractivity contribution in [2.45, 2.75) is 13.0 Å². The molecule has 0 aliphatic carbocycles. The number of nitrogens with one attached hydrogen (secondary N) is 1. The molecule has 1 atom stereocenters. The van der Waals surface area contributed by atoms with Gasteiger partial charge in [0.05, 0.1) is 17.3 Å². The highest BCUT2D eigenvalue weighted by Crippen LogP contribution is 2.16. The van der Waals surface area contributed by atoms with E-state index < -0.39 is 12.0 Å². The molecule has 0 saturated heterocycles. The van der Waals surface area contributed by atoms with E-state index in [0.29, 0.717) is 18.8 Å². The number of carboxylic acids is 1. The molecule has 0 aliphatic rings. The second kappa shape index (κ2) is 5.79. The van der Waals surface area contributed by atoms with E-state index in [1.807, 2.05) is 6.92 Å². The van der Waals surface area contributed by atoms with Gasteiger partial charge in [0.2, 0.25) is 0 Å². The van der Waals surface area contributed by atoms with Crippen molar-refractivity contribution in [2.75, 3.05) is 20.3 Å². The Balaban J connectivity index is 2.62. The molecule has 1 rings (SSSR count). The summed E-state index contributed by atoms with van der Waals surface area (Å²) in [7, 11) is 1.57. The Morgan fingerprint density at radius 1 is 1.80 bits per heavy atom. The van der Waals surface area contributed by atoms with Crippen LogP contribution in [0.5, 0.6) is 0 Å². The number of aromatic nitrogens is 1. The predicted molar refractivity (Wildman–Crippen MR) is 57.1 cm³/mol. The van der Waals surface area contributed by atoms with E-state index in [0.717, 1.165) is 5.01 Å². The van der Waals surface area contributed by atoms with Gasteiger partial charge in [-0.3, -0.25) is 10.1 Å². The van der Waals surface area contributed by atoms with Crippen molar-refractivity contribution in [1.29, 1.82) is 0 Å². The first-order chi connectivity index (χ1) is 7.15. The Morgan fingerprint density at radius 3 is 3.00 bits per heavy atom. The molecule has 0 aromatic carbocycles. The third-order valence-electron chi connectivity index (χ3n) is 1.83. The number of ether oxygens (including phenoxy) is 1. The zero-order valence-electron chi connectivity index (χ0n) is 8.69. The van der Waals surface area contributed by atoms with Crippen LogP contribution in [0.25, 0.3) is 0 Å². The Labute approximate surface area is 92.1 Å². The fourth-order valence-electron chi connectivity index (χ4n) is 1.14. The van der Waals surface area contributed by atoms with Crippen molar-refractivity contribution >= 4 is 17.3 Å². The van der Waals surface area contributed by atoms with Gasteiger partial charge in [-0.25, -0.2) is 4.98 Å². The van der Waals surface area contributed by atoms with Crippen LogP contribution in [-0.2, 0) is 9.53 Å². The molecule has 0 bridgehead atoms. The number of aliphatic carboxylic acids is 1. The van der Waals surface area contributed by atoms with Crippen molar-refractivity contribution in [3.8, 4) is 0 Å². The number of aryl methyl sites for hydroxylation is 1. The summed E-state index contributed by atoms with van der Waals surface area (Å²) in [5, 5.41) is 14.5. The summed E-state index contributed by atoms with van der Waals surface area (Å²) in [6.45, 7) is 2.82. The van der Waals surface area contributed by atoms with Crippen molar-refractivity contribution in [1.82, 2.24) is 10.3 Å². The molecule has 1 aromatic heterocycles. The van der Waals surface area contributed by atoms with Crippen molar-refractivity contribution in [3.63, 3.8) is 0 Å². The topological polar surface area (TPSA) is 71.5 Å². The molecule has 5 nitrogen and oxygen atoms in total. The van der Waals surface area contributed by atoms with Gasteiger partial charge in [-0.2, -0.15) is 0 Å². The fourth-order valence-corrected chi connectivity index (χ4v) is 1.77. The fraction of sp³-hybridized carbons (Fsp3) is 0.556. The van der Waals surface area contributed by atoms with Crippen LogP contribution in [0.3, 0.4) is 0 Å². The summed E-state index contributed by atoms with van der Waals surface area (Å²) in [5.74, 6) is -0.920. The number of hydrogen-bond donors (Lipinski definition) is 2. The molecule has 15 heavy (non-hydrogen) atoms. The maximum Gasteiger partial charge on any atom is 0.327 e. The molecule has 6 heteroatoms. The third kappa shape index (κ3) is 3.58. The molecule has 0 radical (unpaired) electrons. The van der Waals surface area contributed by atoms with Crippen molar-refractivity contribution in [2.24, 2.45) is 0 Å². The van der Waals surface area contributed by atoms with Crippen LogP contribution < -0.4 is 5.32 Å². The summed E-state index contributed by atoms with van der Waals surface area (Å²) >= 11 is 1.44. The van der Waals surface area contributed by atoms with E-state index in [2.05, 4.69) is 10.3 Å². The first-order valence-electron chi connectivity index (χ1n) is 4.52. The lowest BCUT2D eigenvalue weighted by molar-refractivity contribution is -0.139. The van der Waals surface area contributed by atoms with Gasteiger partial charge in [0, 0.05) is 19.0 Å². The minimum Gasteiger partial charge on any atom is -0.480 e. The highest BCUT2D eigenvalue weighted by atomic mass is 32.1. The van der Waals surface area contributed by atoms with Crippen LogP contribution in [0.15, 0.2) is 5.38 Å². The molecular weight excluding hydrogens is 216 g/mol. The summed E-state index contributed by atoms with van der Waals surface area (Å²) in [4.78, 5) is 15.1. The highest BCUT2D eigenvalue weighted by Gasteiger charge is 2.21. The second-order valence-corrected chi connectivity index (χ2v) is 4.07. The molecule has 0 saturated carbocycles. The Kier molecular flexibility index (Phi) is 4.67. The molecule has 0 fully saturated rings. The van der Waals surface area contributed by atoms with Gasteiger partial charge in [0.1, 0.15) is 6.04 Å². The Bertz CT molecular complexity index is 327. The molecule has 0 aliphatic heterocycles. The number of carbonyl (C=O) groups is 1. The standard InChI is InChI=1S/C9H14N2O3S/c1-6-11-7(5-15-6)8(9(12)13)10-3-4-14-2/h5,8,10H,3-4H2,1-2H3,(H,12,13). The lowest BCUT2D eigenvalue weighted by Crippen LogP contribution is -2.31. The molecular formula is C9H14N2O3S. The predicted octanol–water partition coefficient (Wildman–Crippen LogP) is 0.813. The smallest absolute Gasteiger partial charge is 0.327 e. The van der Waals surface area contributed by atoms with E-state index in [9.17, 15) is 4.79 Å². The van der Waals surface area contributed by atoms with Crippen LogP contribution in [0.1, 0.15) is 16.7 Å².